The fourth-order valence-corrected chi connectivity index (χ4v) is 4.89. The summed E-state index contributed by atoms with van der Waals surface area (Å²) < 4.78 is 27.8. The second-order valence-electron chi connectivity index (χ2n) is 9.49. The van der Waals surface area contributed by atoms with E-state index in [9.17, 15) is 18.4 Å². The van der Waals surface area contributed by atoms with Crippen LogP contribution in [0.5, 0.6) is 0 Å². The fraction of sp³-hybridized carbons (Fsp3) is 0.320. The normalized spacial score (nSPS) is 16.2. The van der Waals surface area contributed by atoms with E-state index in [1.807, 2.05) is 6.92 Å². The Bertz CT molecular complexity index is 1520. The van der Waals surface area contributed by atoms with Gasteiger partial charge in [-0.05, 0) is 43.5 Å². The number of hydrogen-bond donors (Lipinski definition) is 2. The Morgan fingerprint density at radius 2 is 1.92 bits per heavy atom. The lowest BCUT2D eigenvalue weighted by molar-refractivity contribution is 0.0674. The number of amides is 2. The van der Waals surface area contributed by atoms with Crippen molar-refractivity contribution >= 4 is 22.7 Å². The maximum atomic E-state index is 14.2. The summed E-state index contributed by atoms with van der Waals surface area (Å²) in [5.74, 6) is -1.98. The average Bonchev–Trinajstić information content (AvgIpc) is 3.39. The lowest BCUT2D eigenvalue weighted by atomic mass is 10.0. The number of aromatic nitrogens is 5. The molecule has 2 aliphatic rings. The zero-order valence-electron chi connectivity index (χ0n) is 19.7. The number of carbonyl (C=O) groups excluding carboxylic acids is 2. The van der Waals surface area contributed by atoms with Crippen LogP contribution in [0.4, 0.5) is 8.78 Å². The van der Waals surface area contributed by atoms with E-state index < -0.39 is 17.2 Å². The smallest absolute Gasteiger partial charge is 0.272 e. The summed E-state index contributed by atoms with van der Waals surface area (Å²) in [6, 6.07) is 3.73. The van der Waals surface area contributed by atoms with Crippen molar-refractivity contribution in [1.29, 1.82) is 0 Å². The van der Waals surface area contributed by atoms with E-state index in [1.165, 1.54) is 12.1 Å². The van der Waals surface area contributed by atoms with E-state index in [0.29, 0.717) is 35.6 Å². The summed E-state index contributed by atoms with van der Waals surface area (Å²) in [7, 11) is 1.73. The SMILES string of the molecule is Cc1cnc(C2(N(C)C(=O)c3[nH]nc4c3CN(C(=O)c3cc5c(F)c(F)ccc5[nH]3)CC4)CC2)nc1. The van der Waals surface area contributed by atoms with Gasteiger partial charge in [0, 0.05) is 48.9 Å². The summed E-state index contributed by atoms with van der Waals surface area (Å²) in [4.78, 5) is 41.8. The zero-order valence-corrected chi connectivity index (χ0v) is 19.7. The Kier molecular flexibility index (Phi) is 4.92. The number of fused-ring (bicyclic) bond motifs is 2. The number of carbonyl (C=O) groups is 2. The van der Waals surface area contributed by atoms with E-state index in [1.54, 1.807) is 29.2 Å². The first-order valence-electron chi connectivity index (χ1n) is 11.7. The minimum atomic E-state index is -0.999. The van der Waals surface area contributed by atoms with Gasteiger partial charge in [0.15, 0.2) is 17.5 Å². The number of nitrogens with zero attached hydrogens (tertiary/aromatic N) is 5. The lowest BCUT2D eigenvalue weighted by Crippen LogP contribution is -2.40. The Morgan fingerprint density at radius 3 is 2.64 bits per heavy atom. The quantitative estimate of drug-likeness (QED) is 0.455. The van der Waals surface area contributed by atoms with Crippen LogP contribution < -0.4 is 0 Å². The van der Waals surface area contributed by atoms with Gasteiger partial charge in [0.05, 0.1) is 12.2 Å². The summed E-state index contributed by atoms with van der Waals surface area (Å²) in [5, 5.41) is 7.22. The van der Waals surface area contributed by atoms with Crippen molar-refractivity contribution in [3.05, 3.63) is 76.3 Å². The van der Waals surface area contributed by atoms with Crippen LogP contribution in [0.25, 0.3) is 10.9 Å². The molecule has 36 heavy (non-hydrogen) atoms. The molecule has 6 rings (SSSR count). The van der Waals surface area contributed by atoms with Gasteiger partial charge in [0.25, 0.3) is 11.8 Å². The highest BCUT2D eigenvalue weighted by Gasteiger charge is 2.53. The average molecular weight is 492 g/mol. The van der Waals surface area contributed by atoms with Crippen LogP contribution in [0.15, 0.2) is 30.6 Å². The van der Waals surface area contributed by atoms with Crippen LogP contribution in [0.1, 0.15) is 56.5 Å². The first kappa shape index (κ1) is 22.3. The van der Waals surface area contributed by atoms with Gasteiger partial charge in [0.1, 0.15) is 16.9 Å². The summed E-state index contributed by atoms with van der Waals surface area (Å²) >= 11 is 0. The molecule has 3 aromatic heterocycles. The molecule has 0 bridgehead atoms. The van der Waals surface area contributed by atoms with Gasteiger partial charge < -0.3 is 14.8 Å². The third kappa shape index (κ3) is 3.37. The minimum absolute atomic E-state index is 0.0184. The first-order valence-corrected chi connectivity index (χ1v) is 11.7. The molecular formula is C25H23F2N7O2. The van der Waals surface area contributed by atoms with Crippen LogP contribution in [0, 0.1) is 18.6 Å². The minimum Gasteiger partial charge on any atom is -0.350 e. The fourth-order valence-electron chi connectivity index (χ4n) is 4.89. The van der Waals surface area contributed by atoms with Gasteiger partial charge in [-0.15, -0.1) is 0 Å². The monoisotopic (exact) mass is 491 g/mol. The predicted octanol–water partition coefficient (Wildman–Crippen LogP) is 3.23. The van der Waals surface area contributed by atoms with Gasteiger partial charge in [-0.3, -0.25) is 14.7 Å². The number of aryl methyl sites for hydroxylation is 1. The molecule has 1 aliphatic carbocycles. The second kappa shape index (κ2) is 7.94. The second-order valence-corrected chi connectivity index (χ2v) is 9.49. The Labute approximate surface area is 204 Å². The highest BCUT2D eigenvalue weighted by molar-refractivity contribution is 5.99. The number of hydrogen-bond acceptors (Lipinski definition) is 5. The molecule has 1 aromatic carbocycles. The molecule has 1 saturated carbocycles. The predicted molar refractivity (Wildman–Crippen MR) is 125 cm³/mol. The van der Waals surface area contributed by atoms with E-state index in [0.717, 1.165) is 30.2 Å². The Morgan fingerprint density at radius 1 is 1.17 bits per heavy atom. The highest BCUT2D eigenvalue weighted by atomic mass is 19.2. The molecule has 9 nitrogen and oxygen atoms in total. The van der Waals surface area contributed by atoms with E-state index in [4.69, 9.17) is 0 Å². The number of nitrogens with one attached hydrogen (secondary N) is 2. The molecule has 0 radical (unpaired) electrons. The maximum Gasteiger partial charge on any atom is 0.272 e. The molecule has 4 heterocycles. The van der Waals surface area contributed by atoms with Gasteiger partial charge in [-0.25, -0.2) is 18.7 Å². The van der Waals surface area contributed by atoms with Crippen LogP contribution >= 0.6 is 0 Å². The number of H-pyrrole nitrogens is 2. The number of benzene rings is 1. The first-order chi connectivity index (χ1) is 17.3. The van der Waals surface area contributed by atoms with Gasteiger partial charge >= 0.3 is 0 Å². The molecule has 0 spiro atoms. The summed E-state index contributed by atoms with van der Waals surface area (Å²) in [6.07, 6.45) is 5.47. The molecule has 184 valence electrons. The van der Waals surface area contributed by atoms with Crippen molar-refractivity contribution in [1.82, 2.24) is 34.9 Å². The third-order valence-electron chi connectivity index (χ3n) is 7.21. The molecule has 1 fully saturated rings. The van der Waals surface area contributed by atoms with Crippen LogP contribution in [-0.4, -0.2) is 60.4 Å². The molecular weight excluding hydrogens is 468 g/mol. The summed E-state index contributed by atoms with van der Waals surface area (Å²) in [5.41, 5.74) is 2.59. The molecule has 2 N–H and O–H groups in total. The standard InChI is InChI=1S/C25H23F2N7O2/c1-13-10-28-24(29-11-13)25(6-7-25)33(2)23(36)21-15-12-34(8-5-18(15)31-32-21)22(35)19-9-14-17(30-19)4-3-16(26)20(14)27/h3-4,9-11,30H,5-8,12H2,1-2H3,(H,31,32). The van der Waals surface area contributed by atoms with Crippen molar-refractivity contribution < 1.29 is 18.4 Å². The van der Waals surface area contributed by atoms with Crippen LogP contribution in [0.2, 0.25) is 0 Å². The third-order valence-corrected chi connectivity index (χ3v) is 7.21. The van der Waals surface area contributed by atoms with Crippen LogP contribution in [0.3, 0.4) is 0 Å². The van der Waals surface area contributed by atoms with Gasteiger partial charge in [0.2, 0.25) is 0 Å². The number of rotatable bonds is 4. The Hall–Kier alpha value is -4.15. The van der Waals surface area contributed by atoms with Crippen molar-refractivity contribution in [2.24, 2.45) is 0 Å². The molecule has 2 amide bonds. The van der Waals surface area contributed by atoms with Gasteiger partial charge in [-0.1, -0.05) is 0 Å². The zero-order chi connectivity index (χ0) is 25.2. The topological polar surface area (TPSA) is 111 Å². The number of aromatic amines is 2. The molecule has 0 unspecified atom stereocenters. The highest BCUT2D eigenvalue weighted by Crippen LogP contribution is 2.49. The lowest BCUT2D eigenvalue weighted by Gasteiger charge is -2.29. The number of halogens is 2. The summed E-state index contributed by atoms with van der Waals surface area (Å²) in [6.45, 7) is 2.46. The van der Waals surface area contributed by atoms with E-state index >= 15 is 0 Å². The van der Waals surface area contributed by atoms with Crippen molar-refractivity contribution in [3.8, 4) is 0 Å². The van der Waals surface area contributed by atoms with Gasteiger partial charge in [-0.2, -0.15) is 5.10 Å². The molecule has 0 saturated heterocycles. The molecule has 11 heteroatoms. The largest absolute Gasteiger partial charge is 0.350 e. The Balaban J connectivity index is 1.26. The van der Waals surface area contributed by atoms with E-state index in [2.05, 4.69) is 25.1 Å². The molecule has 0 atom stereocenters. The van der Waals surface area contributed by atoms with Crippen LogP contribution in [-0.2, 0) is 18.5 Å². The molecule has 4 aromatic rings. The van der Waals surface area contributed by atoms with E-state index in [-0.39, 0.29) is 29.4 Å². The van der Waals surface area contributed by atoms with Crippen molar-refractivity contribution in [2.75, 3.05) is 13.6 Å². The van der Waals surface area contributed by atoms with Crippen molar-refractivity contribution in [2.45, 2.75) is 38.3 Å². The maximum absolute atomic E-state index is 14.2. The molecule has 1 aliphatic heterocycles. The van der Waals surface area contributed by atoms with Crippen molar-refractivity contribution in [3.63, 3.8) is 0 Å².